The fraction of sp³-hybridized carbons (Fsp3) is 0.350. The second-order valence-electron chi connectivity index (χ2n) is 6.83. The van der Waals surface area contributed by atoms with Gasteiger partial charge in [0.1, 0.15) is 0 Å². The van der Waals surface area contributed by atoms with E-state index in [9.17, 15) is 0 Å². The maximum atomic E-state index is 8.38. The second-order valence-corrected chi connectivity index (χ2v) is 12.4. The zero-order chi connectivity index (χ0) is 20.1. The summed E-state index contributed by atoms with van der Waals surface area (Å²) in [4.78, 5) is 9.46. The minimum atomic E-state index is -1.07. The molecule has 0 atom stereocenters. The molecule has 0 spiro atoms. The van der Waals surface area contributed by atoms with Gasteiger partial charge < -0.3 is 0 Å². The molecule has 0 fully saturated rings. The molecule has 0 saturated heterocycles. The summed E-state index contributed by atoms with van der Waals surface area (Å²) in [7, 11) is 1.98. The van der Waals surface area contributed by atoms with E-state index in [1.54, 1.807) is 11.3 Å². The normalized spacial score (nSPS) is 12.1. The summed E-state index contributed by atoms with van der Waals surface area (Å²) in [6.07, 6.45) is 5.56. The third-order valence-electron chi connectivity index (χ3n) is 4.18. The molecule has 0 saturated carbocycles. The van der Waals surface area contributed by atoms with E-state index in [1.807, 2.05) is 30.8 Å². The van der Waals surface area contributed by atoms with Crippen LogP contribution in [0.15, 0.2) is 30.6 Å². The number of allylic oxidation sites excluding steroid dienone is 1. The van der Waals surface area contributed by atoms with Crippen LogP contribution in [0.2, 0.25) is 0 Å². The van der Waals surface area contributed by atoms with Gasteiger partial charge in [-0.05, 0) is 0 Å². The zero-order valence-corrected chi connectivity index (χ0v) is 20.3. The van der Waals surface area contributed by atoms with Crippen molar-refractivity contribution in [3.8, 4) is 0 Å². The molecule has 144 valence electrons. The number of fused-ring (bicyclic) bond motifs is 1. The Morgan fingerprint density at radius 2 is 2.11 bits per heavy atom. The number of nitrogens with one attached hydrogen (secondary N) is 1. The first kappa shape index (κ1) is 21.0. The fourth-order valence-corrected chi connectivity index (χ4v) is 7.35. The van der Waals surface area contributed by atoms with Crippen molar-refractivity contribution in [2.45, 2.75) is 39.5 Å². The molecule has 3 aromatic rings. The van der Waals surface area contributed by atoms with Crippen LogP contribution in [0.4, 0.5) is 0 Å². The summed E-state index contributed by atoms with van der Waals surface area (Å²) in [5.74, 6) is 0.418. The summed E-state index contributed by atoms with van der Waals surface area (Å²) in [6.45, 7) is 6.38. The molecule has 2 radical (unpaired) electrons. The Bertz CT molecular complexity index is 1010. The molecule has 0 amide bonds. The predicted molar refractivity (Wildman–Crippen MR) is 117 cm³/mol. The minimum absolute atomic E-state index is 0.418. The van der Waals surface area contributed by atoms with Crippen LogP contribution in [0.25, 0.3) is 16.6 Å². The van der Waals surface area contributed by atoms with Crippen molar-refractivity contribution in [3.63, 3.8) is 0 Å². The summed E-state index contributed by atoms with van der Waals surface area (Å²) in [5, 5.41) is 20.1. The van der Waals surface area contributed by atoms with Crippen LogP contribution in [-0.2, 0) is 0 Å². The first-order chi connectivity index (χ1) is 13.5. The second kappa shape index (κ2) is 9.66. The number of nitrogens with two attached hydrogens (primary N) is 1. The molecular weight excluding hydrogens is 475 g/mol. The van der Waals surface area contributed by atoms with Gasteiger partial charge in [0.05, 0.1) is 0 Å². The monoisotopic (exact) mass is 501 g/mol. The standard InChI is InChI=1S/C15H17N4.C5H7N2S.Sn/c1-3-5-13(16)12(10-17-2)11-8-15-14(19-9-11)6-4-7-18-15;1-4(2)5-7-6-3-8-5;/h4,6,8-10,16-17H,3,5H2,1-2H3;4H,1-2H3;/p+1/b12-10-,16-13?;;. The Morgan fingerprint density at radius 3 is 2.79 bits per heavy atom. The molecule has 3 N–H and O–H groups in total. The van der Waals surface area contributed by atoms with Crippen molar-refractivity contribution in [3.05, 3.63) is 41.2 Å². The Morgan fingerprint density at radius 1 is 1.29 bits per heavy atom. The Labute approximate surface area is 179 Å². The van der Waals surface area contributed by atoms with Crippen LogP contribution >= 0.6 is 11.3 Å². The molecule has 0 aliphatic carbocycles. The molecular formula is C20H25N6SSn+. The number of rotatable bonds is 8. The molecule has 0 aliphatic rings. The molecule has 0 bridgehead atoms. The Kier molecular flexibility index (Phi) is 7.25. The van der Waals surface area contributed by atoms with Gasteiger partial charge in [0, 0.05) is 0 Å². The molecule has 8 heteroatoms. The number of hydrogen-bond donors (Lipinski definition) is 2. The van der Waals surface area contributed by atoms with E-state index in [0.29, 0.717) is 11.6 Å². The predicted octanol–water partition coefficient (Wildman–Crippen LogP) is 1.61. The van der Waals surface area contributed by atoms with Crippen molar-refractivity contribution >= 4 is 61.5 Å². The number of pyridine rings is 2. The summed E-state index contributed by atoms with van der Waals surface area (Å²) < 4.78 is 2.27. The van der Waals surface area contributed by atoms with Crippen molar-refractivity contribution in [1.29, 1.82) is 5.41 Å². The van der Waals surface area contributed by atoms with Gasteiger partial charge in [-0.2, -0.15) is 0 Å². The van der Waals surface area contributed by atoms with Crippen LogP contribution in [-0.4, -0.2) is 54.1 Å². The average Bonchev–Trinajstić information content (AvgIpc) is 3.14. The van der Waals surface area contributed by atoms with Crippen LogP contribution in [0.3, 0.4) is 0 Å². The van der Waals surface area contributed by atoms with Gasteiger partial charge in [0.2, 0.25) is 0 Å². The summed E-state index contributed by atoms with van der Waals surface area (Å²) in [6, 6.07) is 6.18. The van der Waals surface area contributed by atoms with Crippen LogP contribution in [0.1, 0.15) is 50.1 Å². The number of quaternary nitrogens is 1. The summed E-state index contributed by atoms with van der Waals surface area (Å²) in [5.41, 5.74) is 4.29. The molecule has 3 rings (SSSR count). The molecule has 0 unspecified atom stereocenters. The zero-order valence-electron chi connectivity index (χ0n) is 16.7. The van der Waals surface area contributed by atoms with Gasteiger partial charge in [0.15, 0.2) is 0 Å². The van der Waals surface area contributed by atoms with E-state index in [1.165, 1.54) is 0 Å². The van der Waals surface area contributed by atoms with Gasteiger partial charge >= 0.3 is 180 Å². The average molecular weight is 500 g/mol. The quantitative estimate of drug-likeness (QED) is 0.364. The van der Waals surface area contributed by atoms with Crippen molar-refractivity contribution in [1.82, 2.24) is 20.2 Å². The molecule has 0 aromatic carbocycles. The Hall–Kier alpha value is -1.71. The number of hydrogen-bond acceptors (Lipinski definition) is 6. The fourth-order valence-electron chi connectivity index (χ4n) is 2.77. The van der Waals surface area contributed by atoms with Gasteiger partial charge in [0.25, 0.3) is 0 Å². The molecule has 3 heterocycles. The van der Waals surface area contributed by atoms with Crippen LogP contribution in [0, 0.1) is 5.41 Å². The molecule has 0 aliphatic heterocycles. The maximum absolute atomic E-state index is 8.38. The van der Waals surface area contributed by atoms with Crippen molar-refractivity contribution in [2.24, 2.45) is 0 Å². The van der Waals surface area contributed by atoms with E-state index in [-0.39, 0.29) is 0 Å². The first-order valence-electron chi connectivity index (χ1n) is 9.46. The van der Waals surface area contributed by atoms with Gasteiger partial charge in [-0.1, -0.05) is 0 Å². The van der Waals surface area contributed by atoms with Gasteiger partial charge in [-0.15, -0.1) is 0 Å². The first-order valence-corrected chi connectivity index (χ1v) is 13.1. The van der Waals surface area contributed by atoms with Crippen LogP contribution < -0.4 is 12.1 Å². The van der Waals surface area contributed by atoms with E-state index in [4.69, 9.17) is 10.4 Å². The molecule has 28 heavy (non-hydrogen) atoms. The van der Waals surface area contributed by atoms with Crippen LogP contribution in [0.5, 0.6) is 0 Å². The number of nitrogens with zero attached hydrogens (tertiary/aromatic N) is 4. The SMILES string of the molecule is CCCC(=N)/C(=C\[NH2+]C)c1cnc2cc[c]([Sn][c]3nnc(C(C)C)s3)nc2c1. The van der Waals surface area contributed by atoms with Gasteiger partial charge in [-0.3, -0.25) is 0 Å². The summed E-state index contributed by atoms with van der Waals surface area (Å²) >= 11 is 0.647. The third kappa shape index (κ3) is 5.01. The van der Waals surface area contributed by atoms with Crippen molar-refractivity contribution < 1.29 is 5.32 Å². The third-order valence-corrected chi connectivity index (χ3v) is 9.19. The Balaban J connectivity index is 1.91. The van der Waals surface area contributed by atoms with E-state index in [0.717, 1.165) is 46.8 Å². The van der Waals surface area contributed by atoms with Gasteiger partial charge in [-0.25, -0.2) is 0 Å². The van der Waals surface area contributed by atoms with E-state index in [2.05, 4.69) is 48.1 Å². The molecule has 6 nitrogen and oxygen atoms in total. The number of aromatic nitrogens is 4. The topological polar surface area (TPSA) is 92.0 Å². The molecule has 3 aromatic heterocycles. The van der Waals surface area contributed by atoms with E-state index >= 15 is 0 Å². The van der Waals surface area contributed by atoms with Crippen molar-refractivity contribution in [2.75, 3.05) is 7.05 Å². The van der Waals surface area contributed by atoms with E-state index < -0.39 is 21.1 Å².